The monoisotopic (exact) mass is 459 g/mol. The average Bonchev–Trinajstić information content (AvgIpc) is 3.26. The summed E-state index contributed by atoms with van der Waals surface area (Å²) in [6, 6.07) is 9.12. The molecule has 2 heterocycles. The van der Waals surface area contributed by atoms with E-state index in [0.717, 1.165) is 44.1 Å². The van der Waals surface area contributed by atoms with E-state index in [2.05, 4.69) is 0 Å². The molecule has 2 aromatic carbocycles. The van der Waals surface area contributed by atoms with Crippen molar-refractivity contribution >= 4 is 11.6 Å². The molecule has 5 nitrogen and oxygen atoms in total. The van der Waals surface area contributed by atoms with Crippen LogP contribution in [0.4, 0.5) is 18.0 Å². The largest absolute Gasteiger partial charge is 0.508 e. The SMILES string of the molecule is CN(C(=O)N1CC(c2cc(F)ccc2F)=CC1c1cccc(O)c1)C1CCN(CCF)CC1. The average molecular weight is 460 g/mol. The van der Waals surface area contributed by atoms with E-state index in [4.69, 9.17) is 0 Å². The normalized spacial score (nSPS) is 19.6. The lowest BCUT2D eigenvalue weighted by Gasteiger charge is -2.39. The highest BCUT2D eigenvalue weighted by atomic mass is 19.1. The molecule has 0 aliphatic carbocycles. The number of urea groups is 1. The number of rotatable bonds is 5. The van der Waals surface area contributed by atoms with Crippen molar-refractivity contribution in [1.29, 1.82) is 0 Å². The van der Waals surface area contributed by atoms with Gasteiger partial charge in [-0.1, -0.05) is 18.2 Å². The second kappa shape index (κ2) is 9.87. The number of alkyl halides is 1. The van der Waals surface area contributed by atoms with Crippen molar-refractivity contribution in [1.82, 2.24) is 14.7 Å². The Balaban J connectivity index is 1.59. The van der Waals surface area contributed by atoms with Crippen molar-refractivity contribution < 1.29 is 23.1 Å². The van der Waals surface area contributed by atoms with Crippen LogP contribution in [0.3, 0.4) is 0 Å². The van der Waals surface area contributed by atoms with E-state index in [1.165, 1.54) is 0 Å². The fraction of sp³-hybridized carbons (Fsp3) is 0.400. The molecule has 0 bridgehead atoms. The minimum absolute atomic E-state index is 0.00754. The summed E-state index contributed by atoms with van der Waals surface area (Å²) in [7, 11) is 1.75. The highest BCUT2D eigenvalue weighted by Gasteiger charge is 2.36. The van der Waals surface area contributed by atoms with Gasteiger partial charge in [0.05, 0.1) is 6.04 Å². The van der Waals surface area contributed by atoms with Crippen molar-refractivity contribution in [2.75, 3.05) is 39.9 Å². The Labute approximate surface area is 191 Å². The molecule has 2 aromatic rings. The maximum Gasteiger partial charge on any atom is 0.321 e. The number of amides is 2. The van der Waals surface area contributed by atoms with Gasteiger partial charge in [-0.15, -0.1) is 0 Å². The number of aromatic hydroxyl groups is 1. The van der Waals surface area contributed by atoms with E-state index in [0.29, 0.717) is 17.7 Å². The van der Waals surface area contributed by atoms with Crippen LogP contribution in [0, 0.1) is 11.6 Å². The van der Waals surface area contributed by atoms with Crippen LogP contribution >= 0.6 is 0 Å². The molecule has 2 amide bonds. The Morgan fingerprint density at radius 1 is 1.15 bits per heavy atom. The van der Waals surface area contributed by atoms with Crippen molar-refractivity contribution in [2.45, 2.75) is 24.9 Å². The maximum atomic E-state index is 14.5. The van der Waals surface area contributed by atoms with Gasteiger partial charge in [-0.3, -0.25) is 0 Å². The minimum Gasteiger partial charge on any atom is -0.508 e. The van der Waals surface area contributed by atoms with Crippen LogP contribution in [0.5, 0.6) is 5.75 Å². The molecule has 8 heteroatoms. The van der Waals surface area contributed by atoms with Gasteiger partial charge >= 0.3 is 6.03 Å². The zero-order valence-corrected chi connectivity index (χ0v) is 18.6. The number of carbonyl (C=O) groups excluding carboxylic acids is 1. The van der Waals surface area contributed by atoms with E-state index in [9.17, 15) is 23.1 Å². The summed E-state index contributed by atoms with van der Waals surface area (Å²) in [5.74, 6) is -1.05. The van der Waals surface area contributed by atoms with Crippen LogP contribution in [0.25, 0.3) is 5.57 Å². The molecule has 1 saturated heterocycles. The topological polar surface area (TPSA) is 47.0 Å². The Kier molecular flexibility index (Phi) is 6.93. The third-order valence-corrected chi connectivity index (χ3v) is 6.57. The summed E-state index contributed by atoms with van der Waals surface area (Å²) in [6.45, 7) is 1.58. The fourth-order valence-corrected chi connectivity index (χ4v) is 4.71. The number of carbonyl (C=O) groups is 1. The molecule has 176 valence electrons. The van der Waals surface area contributed by atoms with Crippen LogP contribution in [-0.4, -0.2) is 71.8 Å². The number of halogens is 3. The molecule has 1 N–H and O–H groups in total. The van der Waals surface area contributed by atoms with Gasteiger partial charge in [0.2, 0.25) is 0 Å². The van der Waals surface area contributed by atoms with Crippen molar-refractivity contribution in [2.24, 2.45) is 0 Å². The predicted octanol–water partition coefficient (Wildman–Crippen LogP) is 4.60. The van der Waals surface area contributed by atoms with E-state index < -0.39 is 17.7 Å². The van der Waals surface area contributed by atoms with Gasteiger partial charge in [0.15, 0.2) is 0 Å². The molecule has 33 heavy (non-hydrogen) atoms. The lowest BCUT2D eigenvalue weighted by atomic mass is 10.0. The van der Waals surface area contributed by atoms with Crippen molar-refractivity contribution in [3.63, 3.8) is 0 Å². The van der Waals surface area contributed by atoms with E-state index in [-0.39, 0.29) is 36.6 Å². The minimum atomic E-state index is -0.555. The smallest absolute Gasteiger partial charge is 0.321 e. The van der Waals surface area contributed by atoms with Crippen LogP contribution in [0.1, 0.15) is 30.0 Å². The number of phenolic OH excluding ortho intramolecular Hbond substituents is 1. The summed E-state index contributed by atoms with van der Waals surface area (Å²) in [6.07, 6.45) is 3.24. The quantitative estimate of drug-likeness (QED) is 0.711. The predicted molar refractivity (Wildman–Crippen MR) is 120 cm³/mol. The van der Waals surface area contributed by atoms with Gasteiger partial charge < -0.3 is 19.8 Å². The zero-order chi connectivity index (χ0) is 23.5. The molecule has 0 saturated carbocycles. The van der Waals surface area contributed by atoms with Gasteiger partial charge in [-0.25, -0.2) is 18.0 Å². The zero-order valence-electron chi connectivity index (χ0n) is 18.6. The second-order valence-corrected chi connectivity index (χ2v) is 8.64. The second-order valence-electron chi connectivity index (χ2n) is 8.64. The Hall–Kier alpha value is -3.00. The maximum absolute atomic E-state index is 14.5. The molecule has 1 atom stereocenters. The molecule has 4 rings (SSSR count). The highest BCUT2D eigenvalue weighted by Crippen LogP contribution is 2.37. The molecule has 0 spiro atoms. The Bertz CT molecular complexity index is 1040. The third kappa shape index (κ3) is 5.00. The van der Waals surface area contributed by atoms with E-state index >= 15 is 0 Å². The number of hydrogen-bond donors (Lipinski definition) is 1. The summed E-state index contributed by atoms with van der Waals surface area (Å²) in [4.78, 5) is 18.9. The lowest BCUT2D eigenvalue weighted by molar-refractivity contribution is 0.108. The molecule has 2 aliphatic heterocycles. The summed E-state index contributed by atoms with van der Waals surface area (Å²) >= 11 is 0. The first-order chi connectivity index (χ1) is 15.9. The van der Waals surface area contributed by atoms with E-state index in [1.54, 1.807) is 47.2 Å². The van der Waals surface area contributed by atoms with Gasteiger partial charge in [-0.05, 0) is 54.3 Å². The molecular weight excluding hydrogens is 431 g/mol. The van der Waals surface area contributed by atoms with Crippen molar-refractivity contribution in [3.05, 3.63) is 71.3 Å². The first kappa shape index (κ1) is 23.2. The molecular formula is C25H28F3N3O2. The van der Waals surface area contributed by atoms with Gasteiger partial charge in [-0.2, -0.15) is 0 Å². The molecule has 1 unspecified atom stereocenters. The third-order valence-electron chi connectivity index (χ3n) is 6.57. The molecule has 2 aliphatic rings. The van der Waals surface area contributed by atoms with Gasteiger partial charge in [0.1, 0.15) is 24.1 Å². The summed E-state index contributed by atoms with van der Waals surface area (Å²) < 4.78 is 41.0. The number of benzene rings is 2. The molecule has 0 radical (unpaired) electrons. The number of likely N-dealkylation sites (tertiary alicyclic amines) is 1. The van der Waals surface area contributed by atoms with Crippen LogP contribution in [-0.2, 0) is 0 Å². The first-order valence-electron chi connectivity index (χ1n) is 11.1. The number of nitrogens with zero attached hydrogens (tertiary/aromatic N) is 3. The molecule has 1 fully saturated rings. The first-order valence-corrected chi connectivity index (χ1v) is 11.1. The fourth-order valence-electron chi connectivity index (χ4n) is 4.71. The van der Waals surface area contributed by atoms with Crippen molar-refractivity contribution in [3.8, 4) is 5.75 Å². The Morgan fingerprint density at radius 2 is 1.91 bits per heavy atom. The van der Waals surface area contributed by atoms with Crippen LogP contribution in [0.15, 0.2) is 48.5 Å². The highest BCUT2D eigenvalue weighted by molar-refractivity contribution is 5.82. The van der Waals surface area contributed by atoms with Gasteiger partial charge in [0.25, 0.3) is 0 Å². The number of piperidine rings is 1. The Morgan fingerprint density at radius 3 is 2.61 bits per heavy atom. The van der Waals surface area contributed by atoms with Crippen LogP contribution in [0.2, 0.25) is 0 Å². The number of hydrogen-bond acceptors (Lipinski definition) is 3. The summed E-state index contributed by atoms with van der Waals surface area (Å²) in [5.41, 5.74) is 1.32. The van der Waals surface area contributed by atoms with E-state index in [1.807, 2.05) is 4.90 Å². The molecule has 0 aromatic heterocycles. The van der Waals surface area contributed by atoms with Crippen LogP contribution < -0.4 is 0 Å². The standard InChI is InChI=1S/C25H28F3N3O2/c1-29(20-7-10-30(11-8-20)12-9-26)25(33)31-16-18(22-15-19(27)5-6-23(22)28)14-24(31)17-3-2-4-21(32)13-17/h2-6,13-15,20,24,32H,7-12,16H2,1H3. The van der Waals surface area contributed by atoms with Gasteiger partial charge in [0, 0.05) is 44.8 Å². The summed E-state index contributed by atoms with van der Waals surface area (Å²) in [5, 5.41) is 9.97. The lowest BCUT2D eigenvalue weighted by Crippen LogP contribution is -2.50. The number of phenols is 1.